The Labute approximate surface area is 123 Å². The first kappa shape index (κ1) is 15.0. The Bertz CT molecular complexity index is 652. The van der Waals surface area contributed by atoms with Crippen molar-refractivity contribution in [1.29, 1.82) is 0 Å². The molecule has 0 saturated heterocycles. The molecular formula is C13H17N3O2S2. The predicted octanol–water partition coefficient (Wildman–Crippen LogP) is 2.44. The van der Waals surface area contributed by atoms with Crippen LogP contribution in [0, 0.1) is 0 Å². The van der Waals surface area contributed by atoms with Crippen LogP contribution in [0.3, 0.4) is 0 Å². The minimum absolute atomic E-state index is 0.283. The molecule has 2 N–H and O–H groups in total. The average Bonchev–Trinajstić information content (AvgIpc) is 2.92. The third-order valence-corrected chi connectivity index (χ3v) is 5.32. The highest BCUT2D eigenvalue weighted by molar-refractivity contribution is 7.94. The molecule has 0 saturated carbocycles. The molecule has 20 heavy (non-hydrogen) atoms. The zero-order chi connectivity index (χ0) is 14.6. The second-order valence-electron chi connectivity index (χ2n) is 4.58. The van der Waals surface area contributed by atoms with Gasteiger partial charge in [0.2, 0.25) is 0 Å². The Morgan fingerprint density at radius 3 is 2.75 bits per heavy atom. The summed E-state index contributed by atoms with van der Waals surface area (Å²) in [6.45, 7) is 4.63. The second-order valence-corrected chi connectivity index (χ2v) is 7.44. The fraction of sp³-hybridized carbons (Fsp3) is 0.308. The number of pyridine rings is 1. The van der Waals surface area contributed by atoms with Crippen LogP contribution in [0.4, 0.5) is 5.82 Å². The molecule has 0 unspecified atom stereocenters. The van der Waals surface area contributed by atoms with Crippen molar-refractivity contribution in [3.63, 3.8) is 0 Å². The third-order valence-electron chi connectivity index (χ3n) is 2.58. The monoisotopic (exact) mass is 311 g/mol. The van der Waals surface area contributed by atoms with E-state index in [-0.39, 0.29) is 4.21 Å². The lowest BCUT2D eigenvalue weighted by molar-refractivity contribution is 0.588. The molecule has 2 heterocycles. The van der Waals surface area contributed by atoms with Crippen molar-refractivity contribution in [2.45, 2.75) is 30.6 Å². The summed E-state index contributed by atoms with van der Waals surface area (Å²) >= 11 is 1.18. The van der Waals surface area contributed by atoms with Crippen molar-refractivity contribution in [3.8, 4) is 0 Å². The molecule has 0 fully saturated rings. The second kappa shape index (κ2) is 6.34. The quantitative estimate of drug-likeness (QED) is 0.859. The Morgan fingerprint density at radius 1 is 1.30 bits per heavy atom. The summed E-state index contributed by atoms with van der Waals surface area (Å²) in [4.78, 5) is 4.13. The molecule has 0 radical (unpaired) electrons. The van der Waals surface area contributed by atoms with Gasteiger partial charge in [-0.2, -0.15) is 0 Å². The summed E-state index contributed by atoms with van der Waals surface area (Å²) in [5.41, 5.74) is 0.821. The van der Waals surface area contributed by atoms with E-state index in [4.69, 9.17) is 0 Å². The van der Waals surface area contributed by atoms with Crippen LogP contribution in [0.25, 0.3) is 0 Å². The van der Waals surface area contributed by atoms with Crippen LogP contribution in [0.2, 0.25) is 0 Å². The van der Waals surface area contributed by atoms with Gasteiger partial charge >= 0.3 is 0 Å². The molecular weight excluding hydrogens is 294 g/mol. The molecule has 2 rings (SSSR count). The Morgan fingerprint density at radius 2 is 2.10 bits per heavy atom. The van der Waals surface area contributed by atoms with Crippen molar-refractivity contribution < 1.29 is 8.42 Å². The van der Waals surface area contributed by atoms with E-state index in [0.717, 1.165) is 5.56 Å². The molecule has 0 aromatic carbocycles. The number of hydrogen-bond acceptors (Lipinski definition) is 5. The molecule has 0 aliphatic rings. The normalized spacial score (nSPS) is 11.8. The summed E-state index contributed by atoms with van der Waals surface area (Å²) < 4.78 is 27.2. The van der Waals surface area contributed by atoms with Crippen LogP contribution in [0.5, 0.6) is 0 Å². The van der Waals surface area contributed by atoms with Gasteiger partial charge in [-0.25, -0.2) is 13.4 Å². The molecule has 2 aromatic rings. The first-order valence-corrected chi connectivity index (χ1v) is 8.59. The van der Waals surface area contributed by atoms with E-state index in [1.165, 1.54) is 11.3 Å². The van der Waals surface area contributed by atoms with E-state index in [1.807, 2.05) is 19.9 Å². The van der Waals surface area contributed by atoms with Crippen molar-refractivity contribution in [2.24, 2.45) is 0 Å². The molecule has 0 amide bonds. The maximum absolute atomic E-state index is 12.2. The van der Waals surface area contributed by atoms with Gasteiger partial charge in [0, 0.05) is 24.3 Å². The number of anilines is 1. The van der Waals surface area contributed by atoms with E-state index in [1.54, 1.807) is 29.8 Å². The molecule has 2 aromatic heterocycles. The van der Waals surface area contributed by atoms with Crippen molar-refractivity contribution >= 4 is 27.2 Å². The number of nitrogens with one attached hydrogen (secondary N) is 2. The smallest absolute Gasteiger partial charge is 0.272 e. The highest BCUT2D eigenvalue weighted by Gasteiger charge is 2.17. The van der Waals surface area contributed by atoms with Gasteiger partial charge in [-0.15, -0.1) is 11.3 Å². The SMILES string of the molecule is CC(C)NCc1cccnc1NS(=O)(=O)c1cccs1. The number of nitrogens with zero attached hydrogens (tertiary/aromatic N) is 1. The molecule has 108 valence electrons. The first-order valence-electron chi connectivity index (χ1n) is 6.22. The van der Waals surface area contributed by atoms with Gasteiger partial charge in [0.1, 0.15) is 10.0 Å². The van der Waals surface area contributed by atoms with Crippen LogP contribution in [0.15, 0.2) is 40.1 Å². The average molecular weight is 311 g/mol. The highest BCUT2D eigenvalue weighted by Crippen LogP contribution is 2.21. The molecule has 0 aliphatic carbocycles. The van der Waals surface area contributed by atoms with Gasteiger partial charge in [0.25, 0.3) is 10.0 Å². The van der Waals surface area contributed by atoms with Gasteiger partial charge in [0.15, 0.2) is 0 Å². The number of hydrogen-bond donors (Lipinski definition) is 2. The van der Waals surface area contributed by atoms with Gasteiger partial charge in [-0.05, 0) is 17.5 Å². The van der Waals surface area contributed by atoms with Crippen molar-refractivity contribution in [2.75, 3.05) is 4.72 Å². The fourth-order valence-corrected chi connectivity index (χ4v) is 3.62. The molecule has 0 aliphatic heterocycles. The molecule has 5 nitrogen and oxygen atoms in total. The van der Waals surface area contributed by atoms with Crippen LogP contribution in [-0.2, 0) is 16.6 Å². The van der Waals surface area contributed by atoms with Crippen LogP contribution in [-0.4, -0.2) is 19.4 Å². The van der Waals surface area contributed by atoms with E-state index >= 15 is 0 Å². The van der Waals surface area contributed by atoms with E-state index < -0.39 is 10.0 Å². The summed E-state index contributed by atoms with van der Waals surface area (Å²) in [5.74, 6) is 0.369. The zero-order valence-corrected chi connectivity index (χ0v) is 13.0. The Kier molecular flexibility index (Phi) is 4.74. The number of rotatable bonds is 6. The van der Waals surface area contributed by atoms with E-state index in [9.17, 15) is 8.42 Å². The lowest BCUT2D eigenvalue weighted by Crippen LogP contribution is -2.23. The van der Waals surface area contributed by atoms with Gasteiger partial charge < -0.3 is 5.32 Å². The zero-order valence-electron chi connectivity index (χ0n) is 11.3. The molecule has 0 atom stereocenters. The van der Waals surface area contributed by atoms with E-state index in [0.29, 0.717) is 18.4 Å². The fourth-order valence-electron chi connectivity index (χ4n) is 1.58. The highest BCUT2D eigenvalue weighted by atomic mass is 32.2. The summed E-state index contributed by atoms with van der Waals surface area (Å²) in [7, 11) is -3.55. The Balaban J connectivity index is 2.21. The van der Waals surface area contributed by atoms with Crippen LogP contribution >= 0.6 is 11.3 Å². The lowest BCUT2D eigenvalue weighted by Gasteiger charge is -2.12. The predicted molar refractivity (Wildman–Crippen MR) is 81.3 cm³/mol. The van der Waals surface area contributed by atoms with Crippen molar-refractivity contribution in [3.05, 3.63) is 41.4 Å². The molecule has 0 spiro atoms. The minimum atomic E-state index is -3.55. The minimum Gasteiger partial charge on any atom is -0.310 e. The topological polar surface area (TPSA) is 71.1 Å². The number of sulfonamides is 1. The summed E-state index contributed by atoms with van der Waals surface area (Å²) in [6.07, 6.45) is 1.57. The van der Waals surface area contributed by atoms with Crippen LogP contribution < -0.4 is 10.0 Å². The van der Waals surface area contributed by atoms with Gasteiger partial charge in [0.05, 0.1) is 0 Å². The van der Waals surface area contributed by atoms with Crippen molar-refractivity contribution in [1.82, 2.24) is 10.3 Å². The van der Waals surface area contributed by atoms with E-state index in [2.05, 4.69) is 15.0 Å². The first-order chi connectivity index (χ1) is 9.49. The summed E-state index contributed by atoms with van der Waals surface area (Å²) in [6, 6.07) is 7.24. The standard InChI is InChI=1S/C13H17N3O2S2/c1-10(2)15-9-11-5-3-7-14-13(11)16-20(17,18)12-6-4-8-19-12/h3-8,10,15H,9H2,1-2H3,(H,14,16). The molecule has 0 bridgehead atoms. The van der Waals surface area contributed by atoms with Gasteiger partial charge in [-0.3, -0.25) is 4.72 Å². The third kappa shape index (κ3) is 3.78. The van der Waals surface area contributed by atoms with Crippen LogP contribution in [0.1, 0.15) is 19.4 Å². The Hall–Kier alpha value is -1.44. The maximum Gasteiger partial charge on any atom is 0.272 e. The number of thiophene rings is 1. The largest absolute Gasteiger partial charge is 0.310 e. The summed E-state index contributed by atoms with van der Waals surface area (Å²) in [5, 5.41) is 4.98. The maximum atomic E-state index is 12.2. The van der Waals surface area contributed by atoms with Gasteiger partial charge in [-0.1, -0.05) is 26.0 Å². The lowest BCUT2D eigenvalue weighted by atomic mass is 10.2. The molecule has 7 heteroatoms. The number of aromatic nitrogens is 1.